The molecule has 0 bridgehead atoms. The molecule has 1 heterocycles. The lowest BCUT2D eigenvalue weighted by molar-refractivity contribution is -0.119. The molecule has 0 unspecified atom stereocenters. The maximum Gasteiger partial charge on any atom is 0.210 e. The molecule has 0 atom stereocenters. The van der Waals surface area contributed by atoms with E-state index in [4.69, 9.17) is 4.74 Å². The molecule has 0 aliphatic rings. The predicted octanol–water partition coefficient (Wildman–Crippen LogP) is 2.45. The number of benzene rings is 1. The number of rotatable bonds is 8. The molecule has 0 saturated heterocycles. The maximum atomic E-state index is 11.4. The van der Waals surface area contributed by atoms with Crippen molar-refractivity contribution in [3.8, 4) is 0 Å². The average molecular weight is 313 g/mol. The minimum absolute atomic E-state index is 0.540. The van der Waals surface area contributed by atoms with Crippen molar-refractivity contribution in [1.29, 1.82) is 0 Å². The Morgan fingerprint density at radius 2 is 1.83 bits per heavy atom. The van der Waals surface area contributed by atoms with Crippen molar-refractivity contribution in [2.75, 3.05) is 26.1 Å². The fraction of sp³-hybridized carbons (Fsp3) is 0.333. The van der Waals surface area contributed by atoms with Gasteiger partial charge in [-0.25, -0.2) is 4.98 Å². The smallest absolute Gasteiger partial charge is 0.210 e. The van der Waals surface area contributed by atoms with Gasteiger partial charge in [0.1, 0.15) is 5.82 Å². The predicted molar refractivity (Wildman–Crippen MR) is 91.0 cm³/mol. The summed E-state index contributed by atoms with van der Waals surface area (Å²) < 4.78 is 5.14. The maximum absolute atomic E-state index is 11.4. The van der Waals surface area contributed by atoms with Crippen molar-refractivity contribution in [3.63, 3.8) is 0 Å². The molecule has 122 valence electrons. The number of amides is 1. The van der Waals surface area contributed by atoms with E-state index in [2.05, 4.69) is 11.1 Å². The van der Waals surface area contributed by atoms with Crippen molar-refractivity contribution in [2.45, 2.75) is 19.7 Å². The molecular weight excluding hydrogens is 290 g/mol. The molecule has 5 heteroatoms. The fourth-order valence-corrected chi connectivity index (χ4v) is 2.36. The minimum Gasteiger partial charge on any atom is -0.380 e. The zero-order chi connectivity index (χ0) is 16.7. The summed E-state index contributed by atoms with van der Waals surface area (Å²) >= 11 is 0. The third kappa shape index (κ3) is 5.07. The van der Waals surface area contributed by atoms with Gasteiger partial charge in [0.25, 0.3) is 0 Å². The first kappa shape index (κ1) is 17.0. The van der Waals surface area contributed by atoms with E-state index in [1.165, 1.54) is 0 Å². The molecule has 2 rings (SSSR count). The summed E-state index contributed by atoms with van der Waals surface area (Å²) in [5, 5.41) is 0. The van der Waals surface area contributed by atoms with Gasteiger partial charge in [-0.05, 0) is 22.8 Å². The molecule has 0 aliphatic heterocycles. The van der Waals surface area contributed by atoms with Crippen LogP contribution < -0.4 is 4.90 Å². The highest BCUT2D eigenvalue weighted by Crippen LogP contribution is 2.13. The molecule has 0 aliphatic carbocycles. The summed E-state index contributed by atoms with van der Waals surface area (Å²) in [7, 11) is 5.58. The Kier molecular flexibility index (Phi) is 6.11. The lowest BCUT2D eigenvalue weighted by Crippen LogP contribution is -2.21. The van der Waals surface area contributed by atoms with E-state index in [9.17, 15) is 4.79 Å². The number of nitrogens with zero attached hydrogens (tertiary/aromatic N) is 3. The largest absolute Gasteiger partial charge is 0.380 e. The fourth-order valence-electron chi connectivity index (χ4n) is 2.36. The second kappa shape index (κ2) is 8.29. The number of carbonyl (C=O) groups excluding carboxylic acids is 1. The SMILES string of the molecule is COCc1cccc(CN(C=O)Cc2ccc(N(C)C)nc2)c1. The number of carbonyl (C=O) groups is 1. The Hall–Kier alpha value is -2.40. The van der Waals surface area contributed by atoms with Gasteiger partial charge in [-0.2, -0.15) is 0 Å². The van der Waals surface area contributed by atoms with Gasteiger partial charge in [-0.3, -0.25) is 4.79 Å². The minimum atomic E-state index is 0.540. The first-order valence-corrected chi connectivity index (χ1v) is 7.50. The van der Waals surface area contributed by atoms with Crippen molar-refractivity contribution in [1.82, 2.24) is 9.88 Å². The Balaban J connectivity index is 2.02. The van der Waals surface area contributed by atoms with Gasteiger partial charge < -0.3 is 14.5 Å². The van der Waals surface area contributed by atoms with Crippen LogP contribution in [0.3, 0.4) is 0 Å². The Morgan fingerprint density at radius 1 is 1.09 bits per heavy atom. The van der Waals surface area contributed by atoms with Crippen molar-refractivity contribution < 1.29 is 9.53 Å². The van der Waals surface area contributed by atoms with E-state index < -0.39 is 0 Å². The standard InChI is InChI=1S/C18H23N3O2/c1-20(2)18-8-7-17(10-19-18)12-21(14-22)11-15-5-4-6-16(9-15)13-23-3/h4-10,14H,11-13H2,1-3H3. The van der Waals surface area contributed by atoms with Gasteiger partial charge in [0.2, 0.25) is 6.41 Å². The number of hydrogen-bond acceptors (Lipinski definition) is 4. The molecule has 0 fully saturated rings. The molecule has 0 N–H and O–H groups in total. The lowest BCUT2D eigenvalue weighted by atomic mass is 10.1. The summed E-state index contributed by atoms with van der Waals surface area (Å²) in [6, 6.07) is 12.0. The molecule has 0 saturated carbocycles. The van der Waals surface area contributed by atoms with Crippen LogP contribution in [0.2, 0.25) is 0 Å². The lowest BCUT2D eigenvalue weighted by Gasteiger charge is -2.18. The third-order valence-corrected chi connectivity index (χ3v) is 3.49. The second-order valence-electron chi connectivity index (χ2n) is 5.68. The Morgan fingerprint density at radius 3 is 2.43 bits per heavy atom. The van der Waals surface area contributed by atoms with Gasteiger partial charge in [0.05, 0.1) is 6.61 Å². The molecule has 1 aromatic carbocycles. The van der Waals surface area contributed by atoms with E-state index in [0.29, 0.717) is 19.7 Å². The van der Waals surface area contributed by atoms with Crippen LogP contribution >= 0.6 is 0 Å². The molecule has 0 spiro atoms. The number of hydrogen-bond donors (Lipinski definition) is 0. The highest BCUT2D eigenvalue weighted by atomic mass is 16.5. The normalized spacial score (nSPS) is 10.4. The van der Waals surface area contributed by atoms with E-state index in [1.54, 1.807) is 12.0 Å². The quantitative estimate of drug-likeness (QED) is 0.702. The molecule has 0 radical (unpaired) electrons. The van der Waals surface area contributed by atoms with Gasteiger partial charge in [0, 0.05) is 40.5 Å². The van der Waals surface area contributed by atoms with Crippen LogP contribution in [0.1, 0.15) is 16.7 Å². The van der Waals surface area contributed by atoms with Crippen LogP contribution in [0.5, 0.6) is 0 Å². The highest BCUT2D eigenvalue weighted by Gasteiger charge is 2.06. The van der Waals surface area contributed by atoms with Crippen LogP contribution in [-0.2, 0) is 29.2 Å². The molecule has 1 aromatic heterocycles. The monoisotopic (exact) mass is 313 g/mol. The zero-order valence-electron chi connectivity index (χ0n) is 13.9. The van der Waals surface area contributed by atoms with Gasteiger partial charge in [-0.15, -0.1) is 0 Å². The average Bonchev–Trinajstić information content (AvgIpc) is 2.55. The molecule has 23 heavy (non-hydrogen) atoms. The first-order valence-electron chi connectivity index (χ1n) is 7.50. The summed E-state index contributed by atoms with van der Waals surface area (Å²) in [5.74, 6) is 0.902. The van der Waals surface area contributed by atoms with E-state index >= 15 is 0 Å². The Labute approximate surface area is 137 Å². The zero-order valence-corrected chi connectivity index (χ0v) is 13.9. The van der Waals surface area contributed by atoms with Crippen LogP contribution in [0.4, 0.5) is 5.82 Å². The number of pyridine rings is 1. The Bertz CT molecular complexity index is 626. The summed E-state index contributed by atoms with van der Waals surface area (Å²) in [5.41, 5.74) is 3.20. The van der Waals surface area contributed by atoms with Crippen molar-refractivity contribution in [2.24, 2.45) is 0 Å². The van der Waals surface area contributed by atoms with E-state index in [-0.39, 0.29) is 0 Å². The molecule has 5 nitrogen and oxygen atoms in total. The van der Waals surface area contributed by atoms with Crippen LogP contribution in [0, 0.1) is 0 Å². The number of methoxy groups -OCH3 is 1. The topological polar surface area (TPSA) is 45.7 Å². The van der Waals surface area contributed by atoms with Gasteiger partial charge in [-0.1, -0.05) is 30.3 Å². The highest BCUT2D eigenvalue weighted by molar-refractivity contribution is 5.48. The molecule has 2 aromatic rings. The van der Waals surface area contributed by atoms with E-state index in [1.807, 2.05) is 55.5 Å². The second-order valence-corrected chi connectivity index (χ2v) is 5.68. The number of ether oxygens (including phenoxy) is 1. The summed E-state index contributed by atoms with van der Waals surface area (Å²) in [4.78, 5) is 19.4. The van der Waals surface area contributed by atoms with Crippen molar-refractivity contribution in [3.05, 3.63) is 59.3 Å². The third-order valence-electron chi connectivity index (χ3n) is 3.49. The van der Waals surface area contributed by atoms with Crippen LogP contribution in [-0.4, -0.2) is 37.5 Å². The van der Waals surface area contributed by atoms with Crippen LogP contribution in [0.25, 0.3) is 0 Å². The van der Waals surface area contributed by atoms with E-state index in [0.717, 1.165) is 28.9 Å². The van der Waals surface area contributed by atoms with Gasteiger partial charge in [0.15, 0.2) is 0 Å². The van der Waals surface area contributed by atoms with Crippen LogP contribution in [0.15, 0.2) is 42.6 Å². The summed E-state index contributed by atoms with van der Waals surface area (Å²) in [6.07, 6.45) is 2.69. The molecular formula is C18H23N3O2. The van der Waals surface area contributed by atoms with Gasteiger partial charge >= 0.3 is 0 Å². The first-order chi connectivity index (χ1) is 11.1. The number of anilines is 1. The van der Waals surface area contributed by atoms with Crippen molar-refractivity contribution >= 4 is 12.2 Å². The number of aromatic nitrogens is 1. The summed E-state index contributed by atoms with van der Waals surface area (Å²) in [6.45, 7) is 1.68. The molecule has 1 amide bonds.